The van der Waals surface area contributed by atoms with Crippen molar-refractivity contribution in [2.45, 2.75) is 43.7 Å². The van der Waals surface area contributed by atoms with E-state index in [9.17, 15) is 4.39 Å². The smallest absolute Gasteiger partial charge is 0.125 e. The molecule has 4 rings (SSSR count). The molecule has 30 heavy (non-hydrogen) atoms. The number of pyridine rings is 1. The topological polar surface area (TPSA) is 43.2 Å². The summed E-state index contributed by atoms with van der Waals surface area (Å²) in [5.74, 6) is 0.842. The Morgan fingerprint density at radius 3 is 2.80 bits per heavy atom. The van der Waals surface area contributed by atoms with Gasteiger partial charge in [0.05, 0.1) is 30.8 Å². The summed E-state index contributed by atoms with van der Waals surface area (Å²) < 4.78 is 21.0. The van der Waals surface area contributed by atoms with Crippen molar-refractivity contribution in [2.24, 2.45) is 0 Å². The number of halogens is 1. The number of aryl methyl sites for hydroxylation is 1. The fourth-order valence-electron chi connectivity index (χ4n) is 3.75. The van der Waals surface area contributed by atoms with Gasteiger partial charge in [-0.05, 0) is 36.8 Å². The molecular formula is C23H29FN4OS. The number of nitrogens with zero attached hydrogens (tertiary/aromatic N) is 4. The molecule has 3 heterocycles. The highest BCUT2D eigenvalue weighted by Crippen LogP contribution is 2.28. The monoisotopic (exact) mass is 428 g/mol. The molecule has 0 bridgehead atoms. The van der Waals surface area contributed by atoms with Gasteiger partial charge in [-0.2, -0.15) is 0 Å². The Balaban J connectivity index is 1.12. The summed E-state index contributed by atoms with van der Waals surface area (Å²) in [6.07, 6.45) is 10.7. The van der Waals surface area contributed by atoms with Crippen LogP contribution in [0.5, 0.6) is 0 Å². The lowest BCUT2D eigenvalue weighted by Gasteiger charge is -2.25. The molecule has 160 valence electrons. The highest BCUT2D eigenvalue weighted by molar-refractivity contribution is 7.99. The lowest BCUT2D eigenvalue weighted by molar-refractivity contribution is 0.0337. The zero-order valence-corrected chi connectivity index (χ0v) is 18.1. The van der Waals surface area contributed by atoms with Crippen LogP contribution in [-0.4, -0.2) is 51.5 Å². The van der Waals surface area contributed by atoms with Crippen LogP contribution in [0.25, 0.3) is 10.9 Å². The van der Waals surface area contributed by atoms with Crippen LogP contribution >= 0.6 is 11.8 Å². The van der Waals surface area contributed by atoms with Crippen LogP contribution in [-0.2, 0) is 17.8 Å². The maximum Gasteiger partial charge on any atom is 0.125 e. The number of rotatable bonds is 10. The first-order chi connectivity index (χ1) is 14.8. The van der Waals surface area contributed by atoms with Crippen molar-refractivity contribution >= 4 is 22.7 Å². The number of morpholine rings is 1. The normalized spacial score (nSPS) is 15.1. The standard InChI is InChI=1S/C23H29FN4OS/c24-19-5-6-21-22(15-19)25-8-7-23(21)30-14-4-2-1-3-9-28-17-20(26-18-28)16-27-10-12-29-13-11-27/h5-8,15,17-18H,1-4,9-14,16H2. The van der Waals surface area contributed by atoms with Gasteiger partial charge in [-0.3, -0.25) is 9.88 Å². The van der Waals surface area contributed by atoms with Crippen molar-refractivity contribution in [3.05, 3.63) is 54.5 Å². The van der Waals surface area contributed by atoms with E-state index in [1.54, 1.807) is 6.20 Å². The fraction of sp³-hybridized carbons (Fsp3) is 0.478. The molecular weight excluding hydrogens is 399 g/mol. The number of aromatic nitrogens is 3. The molecule has 0 saturated carbocycles. The van der Waals surface area contributed by atoms with Gasteiger partial charge in [-0.15, -0.1) is 11.8 Å². The molecule has 1 aromatic carbocycles. The SMILES string of the molecule is Fc1ccc2c(SCCCCCCn3cnc(CN4CCOCC4)c3)ccnc2c1. The summed E-state index contributed by atoms with van der Waals surface area (Å²) in [6.45, 7) is 5.60. The van der Waals surface area contributed by atoms with E-state index in [0.29, 0.717) is 0 Å². The van der Waals surface area contributed by atoms with Crippen LogP contribution in [0, 0.1) is 5.82 Å². The van der Waals surface area contributed by atoms with Gasteiger partial charge in [0.2, 0.25) is 0 Å². The number of hydrogen-bond donors (Lipinski definition) is 0. The molecule has 3 aromatic rings. The molecule has 0 spiro atoms. The second-order valence-electron chi connectivity index (χ2n) is 7.72. The average molecular weight is 429 g/mol. The molecule has 0 radical (unpaired) electrons. The average Bonchev–Trinajstić information content (AvgIpc) is 3.20. The quantitative estimate of drug-likeness (QED) is 0.344. The maximum atomic E-state index is 13.4. The molecule has 1 aliphatic rings. The Morgan fingerprint density at radius 2 is 1.90 bits per heavy atom. The number of thioether (sulfide) groups is 1. The van der Waals surface area contributed by atoms with Crippen molar-refractivity contribution < 1.29 is 9.13 Å². The van der Waals surface area contributed by atoms with Crippen molar-refractivity contribution in [3.63, 3.8) is 0 Å². The highest BCUT2D eigenvalue weighted by Gasteiger charge is 2.12. The molecule has 7 heteroatoms. The molecule has 0 N–H and O–H groups in total. The number of fused-ring (bicyclic) bond motifs is 1. The molecule has 0 aliphatic carbocycles. The Kier molecular flexibility index (Phi) is 7.72. The van der Waals surface area contributed by atoms with E-state index in [1.807, 2.05) is 30.2 Å². The lowest BCUT2D eigenvalue weighted by atomic mass is 10.2. The summed E-state index contributed by atoms with van der Waals surface area (Å²) in [5.41, 5.74) is 1.88. The summed E-state index contributed by atoms with van der Waals surface area (Å²) in [5, 5.41) is 1.04. The summed E-state index contributed by atoms with van der Waals surface area (Å²) in [6, 6.07) is 6.87. The van der Waals surface area contributed by atoms with E-state index in [1.165, 1.54) is 42.7 Å². The van der Waals surface area contributed by atoms with Gasteiger partial charge in [0, 0.05) is 54.9 Å². The van der Waals surface area contributed by atoms with Gasteiger partial charge in [0.1, 0.15) is 5.82 Å². The fourth-order valence-corrected chi connectivity index (χ4v) is 4.81. The van der Waals surface area contributed by atoms with E-state index in [0.717, 1.165) is 61.7 Å². The van der Waals surface area contributed by atoms with Crippen LogP contribution in [0.2, 0.25) is 0 Å². The van der Waals surface area contributed by atoms with Crippen molar-refractivity contribution in [3.8, 4) is 0 Å². The van der Waals surface area contributed by atoms with Crippen LogP contribution in [0.15, 0.2) is 47.9 Å². The second kappa shape index (κ2) is 10.9. The van der Waals surface area contributed by atoms with E-state index in [-0.39, 0.29) is 5.82 Å². The minimum Gasteiger partial charge on any atom is -0.379 e. The highest BCUT2D eigenvalue weighted by atomic mass is 32.2. The Bertz CT molecular complexity index is 942. The van der Waals surface area contributed by atoms with Crippen molar-refractivity contribution in [1.82, 2.24) is 19.4 Å². The number of benzene rings is 1. The summed E-state index contributed by atoms with van der Waals surface area (Å²) in [7, 11) is 0. The number of hydrogen-bond acceptors (Lipinski definition) is 5. The van der Waals surface area contributed by atoms with Crippen LogP contribution in [0.1, 0.15) is 31.4 Å². The number of unbranched alkanes of at least 4 members (excludes halogenated alkanes) is 3. The molecule has 5 nitrogen and oxygen atoms in total. The molecule has 2 aromatic heterocycles. The Labute approximate surface area is 181 Å². The molecule has 1 fully saturated rings. The van der Waals surface area contributed by atoms with Crippen molar-refractivity contribution in [2.75, 3.05) is 32.1 Å². The number of ether oxygens (including phenoxy) is 1. The minimum absolute atomic E-state index is 0.233. The van der Waals surface area contributed by atoms with E-state index < -0.39 is 0 Å². The first kappa shape index (κ1) is 21.3. The van der Waals surface area contributed by atoms with Gasteiger partial charge in [0.15, 0.2) is 0 Å². The van der Waals surface area contributed by atoms with Crippen LogP contribution in [0.4, 0.5) is 4.39 Å². The van der Waals surface area contributed by atoms with Crippen LogP contribution < -0.4 is 0 Å². The predicted octanol–water partition coefficient (Wildman–Crippen LogP) is 4.76. The molecule has 1 aliphatic heterocycles. The second-order valence-corrected chi connectivity index (χ2v) is 8.86. The van der Waals surface area contributed by atoms with Gasteiger partial charge in [-0.1, -0.05) is 12.8 Å². The molecule has 0 amide bonds. The lowest BCUT2D eigenvalue weighted by Crippen LogP contribution is -2.35. The zero-order valence-electron chi connectivity index (χ0n) is 17.3. The Morgan fingerprint density at radius 1 is 1.03 bits per heavy atom. The zero-order chi connectivity index (χ0) is 20.6. The minimum atomic E-state index is -0.233. The van der Waals surface area contributed by atoms with Gasteiger partial charge in [0.25, 0.3) is 0 Å². The third kappa shape index (κ3) is 6.03. The third-order valence-corrected chi connectivity index (χ3v) is 6.57. The summed E-state index contributed by atoms with van der Waals surface area (Å²) >= 11 is 1.84. The molecule has 0 atom stereocenters. The Hall–Kier alpha value is -1.96. The predicted molar refractivity (Wildman–Crippen MR) is 119 cm³/mol. The number of imidazole rings is 1. The van der Waals surface area contributed by atoms with Gasteiger partial charge < -0.3 is 9.30 Å². The first-order valence-electron chi connectivity index (χ1n) is 10.8. The molecule has 1 saturated heterocycles. The maximum absolute atomic E-state index is 13.4. The van der Waals surface area contributed by atoms with Gasteiger partial charge >= 0.3 is 0 Å². The van der Waals surface area contributed by atoms with E-state index in [2.05, 4.69) is 25.6 Å². The summed E-state index contributed by atoms with van der Waals surface area (Å²) in [4.78, 5) is 12.4. The van der Waals surface area contributed by atoms with Gasteiger partial charge in [-0.25, -0.2) is 9.37 Å². The largest absolute Gasteiger partial charge is 0.379 e. The van der Waals surface area contributed by atoms with E-state index in [4.69, 9.17) is 4.74 Å². The van der Waals surface area contributed by atoms with Crippen molar-refractivity contribution in [1.29, 1.82) is 0 Å². The first-order valence-corrected chi connectivity index (χ1v) is 11.7. The van der Waals surface area contributed by atoms with Crippen LogP contribution in [0.3, 0.4) is 0 Å². The third-order valence-electron chi connectivity index (χ3n) is 5.41. The van der Waals surface area contributed by atoms with E-state index >= 15 is 0 Å². The molecule has 0 unspecified atom stereocenters.